The van der Waals surface area contributed by atoms with E-state index in [2.05, 4.69) is 27.7 Å². The molecule has 0 aliphatic carbocycles. The molecule has 0 atom stereocenters. The van der Waals surface area contributed by atoms with Gasteiger partial charge in [-0.15, -0.1) is 0 Å². The minimum atomic E-state index is 1.27. The molecule has 0 fully saturated rings. The van der Waals surface area contributed by atoms with Crippen molar-refractivity contribution in [3.63, 3.8) is 0 Å². The van der Waals surface area contributed by atoms with Gasteiger partial charge in [-0.2, -0.15) is 0 Å². The summed E-state index contributed by atoms with van der Waals surface area (Å²) in [6.45, 7) is 9.24. The predicted octanol–water partition coefficient (Wildman–Crippen LogP) is 6.26. The predicted molar refractivity (Wildman–Crippen MR) is 75.9 cm³/mol. The summed E-state index contributed by atoms with van der Waals surface area (Å²) in [5.41, 5.74) is 3.43. The Balaban J connectivity index is 3.86. The van der Waals surface area contributed by atoms with Crippen LogP contribution in [-0.2, 0) is 0 Å². The Kier molecular flexibility index (Phi) is 11.0. The molecule has 0 bridgehead atoms. The van der Waals surface area contributed by atoms with Crippen LogP contribution in [0.15, 0.2) is 11.1 Å². The first-order valence-corrected chi connectivity index (χ1v) is 7.43. The van der Waals surface area contributed by atoms with Crippen LogP contribution in [0, 0.1) is 0 Å². The maximum absolute atomic E-state index is 2.36. The SMILES string of the molecule is CCCCCC/C(C)=C(/CC)CCCCC. The van der Waals surface area contributed by atoms with E-state index < -0.39 is 0 Å². The monoisotopic (exact) mass is 224 g/mol. The van der Waals surface area contributed by atoms with Gasteiger partial charge < -0.3 is 0 Å². The Morgan fingerprint density at radius 2 is 1.25 bits per heavy atom. The fourth-order valence-corrected chi connectivity index (χ4v) is 2.27. The average molecular weight is 224 g/mol. The molecule has 0 aromatic rings. The topological polar surface area (TPSA) is 0 Å². The summed E-state index contributed by atoms with van der Waals surface area (Å²) in [7, 11) is 0. The molecule has 0 spiro atoms. The van der Waals surface area contributed by atoms with Crippen molar-refractivity contribution in [2.45, 2.75) is 91.9 Å². The largest absolute Gasteiger partial charge is 0.0741 e. The summed E-state index contributed by atoms with van der Waals surface area (Å²) in [4.78, 5) is 0. The molecule has 0 heterocycles. The molecule has 0 heteroatoms. The average Bonchev–Trinajstić information content (AvgIpc) is 2.30. The lowest BCUT2D eigenvalue weighted by Crippen LogP contribution is -1.90. The van der Waals surface area contributed by atoms with Crippen molar-refractivity contribution in [3.05, 3.63) is 11.1 Å². The van der Waals surface area contributed by atoms with Gasteiger partial charge in [0.1, 0.15) is 0 Å². The quantitative estimate of drug-likeness (QED) is 0.303. The maximum Gasteiger partial charge on any atom is -0.0318 e. The third-order valence-electron chi connectivity index (χ3n) is 3.52. The van der Waals surface area contributed by atoms with Crippen LogP contribution in [0.5, 0.6) is 0 Å². The van der Waals surface area contributed by atoms with Gasteiger partial charge in [-0.25, -0.2) is 0 Å². The zero-order valence-corrected chi connectivity index (χ0v) is 12.1. The Bertz CT molecular complexity index is 176. The molecule has 16 heavy (non-hydrogen) atoms. The summed E-state index contributed by atoms with van der Waals surface area (Å²) in [5.74, 6) is 0. The minimum Gasteiger partial charge on any atom is -0.0741 e. The number of hydrogen-bond donors (Lipinski definition) is 0. The van der Waals surface area contributed by atoms with Crippen molar-refractivity contribution in [1.82, 2.24) is 0 Å². The standard InChI is InChI=1S/C16H32/c1-5-8-10-12-13-15(4)16(7-3)14-11-9-6-2/h5-14H2,1-4H3/b16-15-. The zero-order chi connectivity index (χ0) is 12.2. The van der Waals surface area contributed by atoms with Gasteiger partial charge in [0.15, 0.2) is 0 Å². The summed E-state index contributed by atoms with van der Waals surface area (Å²) in [5, 5.41) is 0. The first-order valence-electron chi connectivity index (χ1n) is 7.43. The van der Waals surface area contributed by atoms with E-state index in [1.165, 1.54) is 64.2 Å². The molecule has 96 valence electrons. The molecule has 0 rings (SSSR count). The Hall–Kier alpha value is -0.260. The van der Waals surface area contributed by atoms with Gasteiger partial charge in [0.25, 0.3) is 0 Å². The van der Waals surface area contributed by atoms with Gasteiger partial charge in [0.2, 0.25) is 0 Å². The van der Waals surface area contributed by atoms with E-state index in [9.17, 15) is 0 Å². The normalized spacial score (nSPS) is 12.8. The van der Waals surface area contributed by atoms with Crippen molar-refractivity contribution < 1.29 is 0 Å². The van der Waals surface area contributed by atoms with Crippen LogP contribution in [0.3, 0.4) is 0 Å². The molecule has 0 aliphatic heterocycles. The Morgan fingerprint density at radius 1 is 0.688 bits per heavy atom. The lowest BCUT2D eigenvalue weighted by Gasteiger charge is -2.10. The smallest absolute Gasteiger partial charge is 0.0318 e. The van der Waals surface area contributed by atoms with Gasteiger partial charge in [-0.1, -0.05) is 64.0 Å². The van der Waals surface area contributed by atoms with Crippen LogP contribution in [0.4, 0.5) is 0 Å². The highest BCUT2D eigenvalue weighted by molar-refractivity contribution is 5.11. The fraction of sp³-hybridized carbons (Fsp3) is 0.875. The van der Waals surface area contributed by atoms with Crippen LogP contribution >= 0.6 is 0 Å². The molecular formula is C16H32. The van der Waals surface area contributed by atoms with Crippen molar-refractivity contribution in [2.75, 3.05) is 0 Å². The van der Waals surface area contributed by atoms with Crippen LogP contribution in [0.1, 0.15) is 91.9 Å². The molecule has 0 N–H and O–H groups in total. The van der Waals surface area contributed by atoms with E-state index in [1.807, 2.05) is 0 Å². The van der Waals surface area contributed by atoms with Gasteiger partial charge in [-0.05, 0) is 39.0 Å². The highest BCUT2D eigenvalue weighted by Crippen LogP contribution is 2.21. The molecule has 0 saturated carbocycles. The van der Waals surface area contributed by atoms with Crippen LogP contribution in [0.25, 0.3) is 0 Å². The molecule has 0 radical (unpaired) electrons. The highest BCUT2D eigenvalue weighted by Gasteiger charge is 2.00. The first kappa shape index (κ1) is 15.7. The molecule has 0 aromatic carbocycles. The molecule has 0 amide bonds. The van der Waals surface area contributed by atoms with Gasteiger partial charge in [0, 0.05) is 0 Å². The summed E-state index contributed by atoms with van der Waals surface area (Å²) in [6.07, 6.45) is 13.7. The van der Waals surface area contributed by atoms with Crippen molar-refractivity contribution in [2.24, 2.45) is 0 Å². The van der Waals surface area contributed by atoms with E-state index in [1.54, 1.807) is 11.1 Å². The van der Waals surface area contributed by atoms with Crippen molar-refractivity contribution >= 4 is 0 Å². The molecule has 0 unspecified atom stereocenters. The second-order valence-electron chi connectivity index (χ2n) is 5.01. The van der Waals surface area contributed by atoms with E-state index in [4.69, 9.17) is 0 Å². The fourth-order valence-electron chi connectivity index (χ4n) is 2.27. The summed E-state index contributed by atoms with van der Waals surface area (Å²) >= 11 is 0. The van der Waals surface area contributed by atoms with Gasteiger partial charge in [-0.3, -0.25) is 0 Å². The van der Waals surface area contributed by atoms with Gasteiger partial charge >= 0.3 is 0 Å². The maximum atomic E-state index is 2.36. The Labute approximate surface area is 104 Å². The van der Waals surface area contributed by atoms with E-state index >= 15 is 0 Å². The third kappa shape index (κ3) is 7.96. The molecule has 0 aromatic heterocycles. The Morgan fingerprint density at radius 3 is 1.81 bits per heavy atom. The first-order chi connectivity index (χ1) is 7.76. The number of rotatable bonds is 10. The molecule has 0 saturated heterocycles. The van der Waals surface area contributed by atoms with Gasteiger partial charge in [0.05, 0.1) is 0 Å². The summed E-state index contributed by atoms with van der Waals surface area (Å²) < 4.78 is 0. The van der Waals surface area contributed by atoms with Crippen LogP contribution < -0.4 is 0 Å². The third-order valence-corrected chi connectivity index (χ3v) is 3.52. The van der Waals surface area contributed by atoms with Crippen LogP contribution in [-0.4, -0.2) is 0 Å². The number of hydrogen-bond acceptors (Lipinski definition) is 0. The second-order valence-corrected chi connectivity index (χ2v) is 5.01. The molecule has 0 aliphatic rings. The molecule has 0 nitrogen and oxygen atoms in total. The van der Waals surface area contributed by atoms with E-state index in [0.717, 1.165) is 0 Å². The minimum absolute atomic E-state index is 1.27. The number of allylic oxidation sites excluding steroid dienone is 2. The second kappa shape index (κ2) is 11.2. The van der Waals surface area contributed by atoms with Crippen molar-refractivity contribution in [3.8, 4) is 0 Å². The van der Waals surface area contributed by atoms with E-state index in [-0.39, 0.29) is 0 Å². The lowest BCUT2D eigenvalue weighted by molar-refractivity contribution is 0.651. The molecular weight excluding hydrogens is 192 g/mol. The number of unbranched alkanes of at least 4 members (excludes halogenated alkanes) is 5. The van der Waals surface area contributed by atoms with Crippen molar-refractivity contribution in [1.29, 1.82) is 0 Å². The van der Waals surface area contributed by atoms with Crippen LogP contribution in [0.2, 0.25) is 0 Å². The summed E-state index contributed by atoms with van der Waals surface area (Å²) in [6, 6.07) is 0. The lowest BCUT2D eigenvalue weighted by atomic mass is 9.96. The van der Waals surface area contributed by atoms with E-state index in [0.29, 0.717) is 0 Å². The highest BCUT2D eigenvalue weighted by atomic mass is 14.1. The zero-order valence-electron chi connectivity index (χ0n) is 12.1.